The zero-order valence-electron chi connectivity index (χ0n) is 10.5. The largest absolute Gasteiger partial charge is 0.398 e. The molecule has 6 heteroatoms. The highest BCUT2D eigenvalue weighted by atomic mass is 35.5. The minimum atomic E-state index is -0.499. The molecule has 1 unspecified atom stereocenters. The first-order chi connectivity index (χ1) is 9.51. The van der Waals surface area contributed by atoms with E-state index in [-0.39, 0.29) is 6.42 Å². The van der Waals surface area contributed by atoms with Gasteiger partial charge in [0.05, 0.1) is 6.04 Å². The first-order valence-electron chi connectivity index (χ1n) is 5.96. The lowest BCUT2D eigenvalue weighted by Gasteiger charge is -2.19. The van der Waals surface area contributed by atoms with Crippen LogP contribution in [0.15, 0.2) is 36.4 Å². The fourth-order valence-electron chi connectivity index (χ4n) is 2.01. The summed E-state index contributed by atoms with van der Waals surface area (Å²) in [5, 5.41) is 0.314. The zero-order valence-corrected chi connectivity index (χ0v) is 11.3. The van der Waals surface area contributed by atoms with Gasteiger partial charge >= 0.3 is 0 Å². The van der Waals surface area contributed by atoms with Crippen molar-refractivity contribution in [1.82, 2.24) is 5.43 Å². The minimum absolute atomic E-state index is 0.229. The molecule has 0 bridgehead atoms. The molecule has 1 atom stereocenters. The van der Waals surface area contributed by atoms with E-state index in [9.17, 15) is 8.78 Å². The van der Waals surface area contributed by atoms with E-state index in [1.807, 2.05) is 0 Å². The standard InChI is InChI=1S/C14H14ClF2N3/c15-9-2-1-8(12(17)6-9)5-14(20-19)11-7-10(16)3-4-13(11)18/h1-4,6-7,14,20H,5,18-19H2. The predicted molar refractivity (Wildman–Crippen MR) is 76.0 cm³/mol. The average molecular weight is 298 g/mol. The van der Waals surface area contributed by atoms with E-state index in [1.165, 1.54) is 24.3 Å². The van der Waals surface area contributed by atoms with Gasteiger partial charge in [0.1, 0.15) is 11.6 Å². The SMILES string of the molecule is NNC(Cc1ccc(Cl)cc1F)c1cc(F)ccc1N. The van der Waals surface area contributed by atoms with Crippen molar-refractivity contribution in [3.8, 4) is 0 Å². The molecule has 0 radical (unpaired) electrons. The number of nitrogens with two attached hydrogens (primary N) is 2. The second-order valence-corrected chi connectivity index (χ2v) is 4.87. The Morgan fingerprint density at radius 1 is 1.15 bits per heavy atom. The third kappa shape index (κ3) is 3.25. The molecule has 0 aromatic heterocycles. The summed E-state index contributed by atoms with van der Waals surface area (Å²) < 4.78 is 27.1. The number of benzene rings is 2. The van der Waals surface area contributed by atoms with Crippen LogP contribution in [0, 0.1) is 11.6 Å². The summed E-state index contributed by atoms with van der Waals surface area (Å²) >= 11 is 5.70. The van der Waals surface area contributed by atoms with Crippen molar-refractivity contribution < 1.29 is 8.78 Å². The molecule has 20 heavy (non-hydrogen) atoms. The lowest BCUT2D eigenvalue weighted by Crippen LogP contribution is -2.30. The normalized spacial score (nSPS) is 12.4. The summed E-state index contributed by atoms with van der Waals surface area (Å²) in [4.78, 5) is 0. The maximum Gasteiger partial charge on any atom is 0.127 e. The number of hydrogen-bond donors (Lipinski definition) is 3. The van der Waals surface area contributed by atoms with Gasteiger partial charge < -0.3 is 5.73 Å². The van der Waals surface area contributed by atoms with Gasteiger partial charge in [-0.2, -0.15) is 0 Å². The van der Waals surface area contributed by atoms with Gasteiger partial charge in [0.15, 0.2) is 0 Å². The first kappa shape index (κ1) is 14.7. The molecular weight excluding hydrogens is 284 g/mol. The molecular formula is C14H14ClF2N3. The Morgan fingerprint density at radius 2 is 1.90 bits per heavy atom. The van der Waals surface area contributed by atoms with Crippen molar-refractivity contribution in [2.75, 3.05) is 5.73 Å². The van der Waals surface area contributed by atoms with Gasteiger partial charge in [0.25, 0.3) is 0 Å². The van der Waals surface area contributed by atoms with Crippen molar-refractivity contribution in [3.05, 3.63) is 64.2 Å². The van der Waals surface area contributed by atoms with Gasteiger partial charge in [-0.3, -0.25) is 11.3 Å². The smallest absolute Gasteiger partial charge is 0.127 e. The van der Waals surface area contributed by atoms with E-state index in [0.29, 0.717) is 21.8 Å². The number of anilines is 1. The number of rotatable bonds is 4. The third-order valence-corrected chi connectivity index (χ3v) is 3.30. The Labute approximate surface area is 120 Å². The molecule has 0 aliphatic heterocycles. The zero-order chi connectivity index (χ0) is 14.7. The van der Waals surface area contributed by atoms with Gasteiger partial charge in [-0.05, 0) is 47.9 Å². The van der Waals surface area contributed by atoms with Crippen molar-refractivity contribution in [2.45, 2.75) is 12.5 Å². The van der Waals surface area contributed by atoms with Gasteiger partial charge in [-0.1, -0.05) is 17.7 Å². The van der Waals surface area contributed by atoms with E-state index in [1.54, 1.807) is 12.1 Å². The third-order valence-electron chi connectivity index (χ3n) is 3.06. The number of nitrogen functional groups attached to an aromatic ring is 1. The monoisotopic (exact) mass is 297 g/mol. The van der Waals surface area contributed by atoms with Gasteiger partial charge in [0.2, 0.25) is 0 Å². The quantitative estimate of drug-likeness (QED) is 0.462. The van der Waals surface area contributed by atoms with E-state index in [2.05, 4.69) is 5.43 Å². The summed E-state index contributed by atoms with van der Waals surface area (Å²) in [7, 11) is 0. The highest BCUT2D eigenvalue weighted by Crippen LogP contribution is 2.26. The minimum Gasteiger partial charge on any atom is -0.398 e. The number of halogens is 3. The molecule has 0 fully saturated rings. The average Bonchev–Trinajstić information content (AvgIpc) is 2.41. The van der Waals surface area contributed by atoms with Crippen molar-refractivity contribution >= 4 is 17.3 Å². The van der Waals surface area contributed by atoms with Crippen molar-refractivity contribution in [2.24, 2.45) is 5.84 Å². The van der Waals surface area contributed by atoms with E-state index in [0.717, 1.165) is 0 Å². The molecule has 0 spiro atoms. The molecule has 0 saturated carbocycles. The van der Waals surface area contributed by atoms with Gasteiger partial charge in [-0.25, -0.2) is 8.78 Å². The number of nitrogens with one attached hydrogen (secondary N) is 1. The molecule has 2 aromatic rings. The lowest BCUT2D eigenvalue weighted by atomic mass is 9.97. The van der Waals surface area contributed by atoms with Crippen molar-refractivity contribution in [1.29, 1.82) is 0 Å². The molecule has 2 rings (SSSR count). The van der Waals surface area contributed by atoms with Gasteiger partial charge in [-0.15, -0.1) is 0 Å². The molecule has 2 aromatic carbocycles. The molecule has 106 valence electrons. The Morgan fingerprint density at radius 3 is 2.55 bits per heavy atom. The molecule has 0 amide bonds. The second-order valence-electron chi connectivity index (χ2n) is 4.43. The van der Waals surface area contributed by atoms with Crippen molar-refractivity contribution in [3.63, 3.8) is 0 Å². The fourth-order valence-corrected chi connectivity index (χ4v) is 2.17. The van der Waals surface area contributed by atoms with Crippen LogP contribution in [0.2, 0.25) is 5.02 Å². The summed E-state index contributed by atoms with van der Waals surface area (Å²) in [6.45, 7) is 0. The lowest BCUT2D eigenvalue weighted by molar-refractivity contribution is 0.526. The van der Waals surface area contributed by atoms with Crippen LogP contribution in [-0.4, -0.2) is 0 Å². The van der Waals surface area contributed by atoms with E-state index < -0.39 is 17.7 Å². The topological polar surface area (TPSA) is 64.1 Å². The van der Waals surface area contributed by atoms with Crippen LogP contribution in [0.25, 0.3) is 0 Å². The predicted octanol–water partition coefficient (Wildman–Crippen LogP) is 2.95. The highest BCUT2D eigenvalue weighted by molar-refractivity contribution is 6.30. The van der Waals surface area contributed by atoms with Crippen LogP contribution in [0.1, 0.15) is 17.2 Å². The fraction of sp³-hybridized carbons (Fsp3) is 0.143. The maximum absolute atomic E-state index is 13.8. The second kappa shape index (κ2) is 6.17. The highest BCUT2D eigenvalue weighted by Gasteiger charge is 2.16. The van der Waals surface area contributed by atoms with E-state index >= 15 is 0 Å². The molecule has 3 nitrogen and oxygen atoms in total. The van der Waals surface area contributed by atoms with Crippen LogP contribution in [0.5, 0.6) is 0 Å². The van der Waals surface area contributed by atoms with Crippen LogP contribution in [0.4, 0.5) is 14.5 Å². The van der Waals surface area contributed by atoms with Crippen LogP contribution < -0.4 is 17.0 Å². The Balaban J connectivity index is 2.31. The number of hydrazine groups is 1. The Hall–Kier alpha value is -1.69. The van der Waals surface area contributed by atoms with Crippen LogP contribution in [0.3, 0.4) is 0 Å². The van der Waals surface area contributed by atoms with Crippen LogP contribution >= 0.6 is 11.6 Å². The molecule has 0 aliphatic rings. The summed E-state index contributed by atoms with van der Waals surface area (Å²) in [6, 6.07) is 7.87. The Kier molecular flexibility index (Phi) is 4.54. The maximum atomic E-state index is 13.8. The molecule has 0 aliphatic carbocycles. The summed E-state index contributed by atoms with van der Waals surface area (Å²) in [6.07, 6.45) is 0.229. The van der Waals surface area contributed by atoms with E-state index in [4.69, 9.17) is 23.2 Å². The summed E-state index contributed by atoms with van der Waals surface area (Å²) in [5.41, 5.74) is 9.63. The van der Waals surface area contributed by atoms with Gasteiger partial charge in [0, 0.05) is 10.7 Å². The van der Waals surface area contributed by atoms with Crippen LogP contribution in [-0.2, 0) is 6.42 Å². The molecule has 0 heterocycles. The summed E-state index contributed by atoms with van der Waals surface area (Å²) in [5.74, 6) is 4.61. The molecule has 0 saturated heterocycles. The Bertz CT molecular complexity index is 619. The molecule has 5 N–H and O–H groups in total. The first-order valence-corrected chi connectivity index (χ1v) is 6.34. The number of hydrogen-bond acceptors (Lipinski definition) is 3.